The number of nitrogens with zero attached hydrogens (tertiary/aromatic N) is 2. The summed E-state index contributed by atoms with van der Waals surface area (Å²) >= 11 is 6.44. The molecule has 0 fully saturated rings. The van der Waals surface area contributed by atoms with Crippen molar-refractivity contribution in [2.24, 2.45) is 10.2 Å². The highest BCUT2D eigenvalue weighted by molar-refractivity contribution is 7.90. The number of hydrogen-bond acceptors (Lipinski definition) is 6. The van der Waals surface area contributed by atoms with Crippen molar-refractivity contribution in [3.05, 3.63) is 53.6 Å². The fraction of sp³-hybridized carbons (Fsp3) is 0.692. The highest BCUT2D eigenvalue weighted by atomic mass is 35.5. The zero-order chi connectivity index (χ0) is 42.7. The Hall–Kier alpha value is -2.64. The van der Waals surface area contributed by atoms with Gasteiger partial charge in [-0.05, 0) is 62.1 Å². The maximum absolute atomic E-state index is 12.0. The molecule has 0 amide bonds. The van der Waals surface area contributed by atoms with Crippen molar-refractivity contribution in [1.82, 2.24) is 0 Å². The van der Waals surface area contributed by atoms with Gasteiger partial charge in [0.15, 0.2) is 9.84 Å². The van der Waals surface area contributed by atoms with Crippen LogP contribution in [0.4, 0.5) is 22.7 Å². The zero-order valence-electron chi connectivity index (χ0n) is 38.2. The van der Waals surface area contributed by atoms with E-state index >= 15 is 0 Å². The highest BCUT2D eigenvalue weighted by Gasteiger charge is 2.34. The Labute approximate surface area is 372 Å². The van der Waals surface area contributed by atoms with Crippen LogP contribution in [-0.4, -0.2) is 20.3 Å². The fourth-order valence-corrected chi connectivity index (χ4v) is 10.0. The summed E-state index contributed by atoms with van der Waals surface area (Å²) < 4.78 is 24.0. The van der Waals surface area contributed by atoms with Crippen LogP contribution in [0.25, 0.3) is 10.8 Å². The van der Waals surface area contributed by atoms with Crippen LogP contribution in [0.1, 0.15) is 219 Å². The molecule has 1 aliphatic rings. The van der Waals surface area contributed by atoms with Crippen LogP contribution in [0.5, 0.6) is 0 Å². The quantitative estimate of drug-likeness (QED) is 0.0456. The summed E-state index contributed by atoms with van der Waals surface area (Å²) in [6, 6.07) is 15.2. The molecule has 0 aliphatic carbocycles. The number of azo groups is 1. The molecule has 6 nitrogen and oxygen atoms in total. The predicted octanol–water partition coefficient (Wildman–Crippen LogP) is 18.4. The second kappa shape index (κ2) is 28.9. The average Bonchev–Trinajstić information content (AvgIpc) is 3.23. The Morgan fingerprint density at radius 1 is 0.500 bits per heavy atom. The maximum atomic E-state index is 12.0. The molecule has 0 spiro atoms. The lowest BCUT2D eigenvalue weighted by atomic mass is 9.89. The number of benzene rings is 3. The number of unbranched alkanes of at least 4 members (excludes halogenated alkanes) is 28. The molecule has 1 heterocycles. The SMILES string of the molecule is CCCCCCCCCCCCCCCCCC1(CCCCCCCCCCCCCCCCC)Nc2cccc3c(N=Nc4ccc(S(C)(=O)=O)cc4Cl)ccc(c23)N1. The summed E-state index contributed by atoms with van der Waals surface area (Å²) in [6.45, 7) is 4.59. The minimum absolute atomic E-state index is 0.169. The fourth-order valence-electron chi connectivity index (χ4n) is 9.11. The number of rotatable bonds is 35. The van der Waals surface area contributed by atoms with Crippen molar-refractivity contribution in [2.75, 3.05) is 16.9 Å². The van der Waals surface area contributed by atoms with E-state index in [1.165, 1.54) is 211 Å². The van der Waals surface area contributed by atoms with Gasteiger partial charge in [-0.1, -0.05) is 217 Å². The molecular weight excluding hydrogens is 780 g/mol. The third-order valence-corrected chi connectivity index (χ3v) is 14.2. The van der Waals surface area contributed by atoms with Crippen molar-refractivity contribution in [2.45, 2.75) is 230 Å². The Morgan fingerprint density at radius 3 is 1.30 bits per heavy atom. The Kier molecular flexibility index (Phi) is 24.1. The summed E-state index contributed by atoms with van der Waals surface area (Å²) in [4.78, 5) is 0.169. The van der Waals surface area contributed by atoms with Gasteiger partial charge in [0.1, 0.15) is 11.4 Å². The molecule has 0 saturated carbocycles. The largest absolute Gasteiger partial charge is 0.362 e. The summed E-state index contributed by atoms with van der Waals surface area (Å²) in [5.41, 5.74) is 3.31. The second-order valence-corrected chi connectivity index (χ2v) is 20.6. The number of anilines is 2. The van der Waals surface area contributed by atoms with Crippen molar-refractivity contribution in [3.63, 3.8) is 0 Å². The molecule has 0 aromatic heterocycles. The molecule has 1 aliphatic heterocycles. The van der Waals surface area contributed by atoms with Gasteiger partial charge in [-0.2, -0.15) is 0 Å². The van der Waals surface area contributed by atoms with E-state index < -0.39 is 9.84 Å². The minimum atomic E-state index is -3.36. The van der Waals surface area contributed by atoms with Gasteiger partial charge in [-0.25, -0.2) is 8.42 Å². The molecule has 0 bridgehead atoms. The van der Waals surface area contributed by atoms with Gasteiger partial charge in [0.05, 0.1) is 15.6 Å². The molecule has 0 saturated heterocycles. The molecule has 4 rings (SSSR count). The normalized spacial score (nSPS) is 13.6. The van der Waals surface area contributed by atoms with Crippen molar-refractivity contribution < 1.29 is 8.42 Å². The van der Waals surface area contributed by atoms with E-state index in [9.17, 15) is 8.42 Å². The van der Waals surface area contributed by atoms with Crippen molar-refractivity contribution in [3.8, 4) is 0 Å². The average molecular weight is 864 g/mol. The third kappa shape index (κ3) is 18.4. The van der Waals surface area contributed by atoms with Crippen LogP contribution < -0.4 is 10.6 Å². The zero-order valence-corrected chi connectivity index (χ0v) is 39.8. The Bertz CT molecular complexity index is 1730. The van der Waals surface area contributed by atoms with Crippen LogP contribution in [0.3, 0.4) is 0 Å². The van der Waals surface area contributed by atoms with Crippen LogP contribution in [0, 0.1) is 0 Å². The lowest BCUT2D eigenvalue weighted by molar-refractivity contribution is 0.401. The smallest absolute Gasteiger partial charge is 0.175 e. The van der Waals surface area contributed by atoms with E-state index in [-0.39, 0.29) is 15.6 Å². The molecule has 2 N–H and O–H groups in total. The van der Waals surface area contributed by atoms with Gasteiger partial charge in [0.2, 0.25) is 0 Å². The first-order valence-electron chi connectivity index (χ1n) is 24.8. The number of hydrogen-bond donors (Lipinski definition) is 2. The van der Waals surface area contributed by atoms with Gasteiger partial charge in [-0.15, -0.1) is 10.2 Å². The molecule has 8 heteroatoms. The molecule has 0 atom stereocenters. The summed E-state index contributed by atoms with van der Waals surface area (Å²) in [6.07, 6.45) is 44.7. The van der Waals surface area contributed by atoms with Gasteiger partial charge >= 0.3 is 0 Å². The van der Waals surface area contributed by atoms with Gasteiger partial charge in [0.25, 0.3) is 0 Å². The van der Waals surface area contributed by atoms with E-state index in [1.807, 2.05) is 6.07 Å². The molecule has 0 radical (unpaired) electrons. The lowest BCUT2D eigenvalue weighted by Crippen LogP contribution is -2.48. The third-order valence-electron chi connectivity index (χ3n) is 12.8. The Balaban J connectivity index is 1.27. The van der Waals surface area contributed by atoms with E-state index in [1.54, 1.807) is 6.07 Å². The van der Waals surface area contributed by atoms with Gasteiger partial charge < -0.3 is 10.6 Å². The minimum Gasteiger partial charge on any atom is -0.362 e. The van der Waals surface area contributed by atoms with Gasteiger partial charge in [0, 0.05) is 28.4 Å². The number of nitrogens with one attached hydrogen (secondary N) is 2. The van der Waals surface area contributed by atoms with Crippen LogP contribution >= 0.6 is 11.6 Å². The van der Waals surface area contributed by atoms with E-state index in [4.69, 9.17) is 11.6 Å². The first-order valence-corrected chi connectivity index (χ1v) is 27.1. The highest BCUT2D eigenvalue weighted by Crippen LogP contribution is 2.45. The second-order valence-electron chi connectivity index (χ2n) is 18.2. The molecule has 3 aromatic carbocycles. The van der Waals surface area contributed by atoms with E-state index in [0.29, 0.717) is 5.69 Å². The monoisotopic (exact) mass is 863 g/mol. The topological polar surface area (TPSA) is 82.9 Å². The molecule has 0 unspecified atom stereocenters. The summed E-state index contributed by atoms with van der Waals surface area (Å²) in [7, 11) is -3.36. The molecular formula is C52H83ClN4O2S. The Morgan fingerprint density at radius 2 is 0.883 bits per heavy atom. The lowest BCUT2D eigenvalue weighted by Gasteiger charge is -2.42. The van der Waals surface area contributed by atoms with Crippen LogP contribution in [0.2, 0.25) is 5.02 Å². The summed E-state index contributed by atoms with van der Waals surface area (Å²) in [5, 5.41) is 19.6. The standard InChI is InChI=1S/C52H83ClN4O2S/c1-4-6-8-10-12-14-16-18-20-22-24-26-28-30-32-41-52(42-33-31-29-27-25-23-21-19-17-15-13-11-9-7-5-2)54-49-36-34-35-45-47(39-40-50(55-52)51(45)49)56-57-48-38-37-44(43-46(48)53)60(3,58)59/h34-40,43,54-55H,4-33,41-42H2,1-3H3. The van der Waals surface area contributed by atoms with E-state index in [0.717, 1.165) is 40.7 Å². The first-order chi connectivity index (χ1) is 29.3. The van der Waals surface area contributed by atoms with Crippen molar-refractivity contribution >= 4 is 55.0 Å². The van der Waals surface area contributed by atoms with E-state index in [2.05, 4.69) is 59.0 Å². The van der Waals surface area contributed by atoms with Crippen LogP contribution in [-0.2, 0) is 9.84 Å². The number of sulfone groups is 1. The summed E-state index contributed by atoms with van der Waals surface area (Å²) in [5.74, 6) is 0. The van der Waals surface area contributed by atoms with Crippen LogP contribution in [0.15, 0.2) is 63.7 Å². The molecule has 3 aromatic rings. The number of halogens is 1. The van der Waals surface area contributed by atoms with Gasteiger partial charge in [-0.3, -0.25) is 0 Å². The first kappa shape index (κ1) is 50.0. The predicted molar refractivity (Wildman–Crippen MR) is 262 cm³/mol. The van der Waals surface area contributed by atoms with Crippen molar-refractivity contribution in [1.29, 1.82) is 0 Å². The molecule has 60 heavy (non-hydrogen) atoms. The molecule has 336 valence electrons. The maximum Gasteiger partial charge on any atom is 0.175 e.